The zero-order valence-corrected chi connectivity index (χ0v) is 30.6. The van der Waals surface area contributed by atoms with Crippen LogP contribution >= 0.6 is 0 Å². The molecule has 1 aromatic heterocycles. The Labute approximate surface area is 299 Å². The Hall–Kier alpha value is -3.69. The number of carbonyl (C=O) groups excluding carboxylic acids is 2. The fraction of sp³-hybridized carbons (Fsp3) is 0.585. The Kier molecular flexibility index (Phi) is 14.8. The number of nitrogens with zero attached hydrogens (tertiary/aromatic N) is 4. The van der Waals surface area contributed by atoms with Crippen molar-refractivity contribution in [2.75, 3.05) is 55.7 Å². The van der Waals surface area contributed by atoms with Crippen molar-refractivity contribution in [1.29, 1.82) is 0 Å². The number of unbranched alkanes of at least 4 members (excludes halogenated alkanes) is 7. The van der Waals surface area contributed by atoms with Gasteiger partial charge in [0, 0.05) is 49.7 Å². The Balaban J connectivity index is 1.10. The maximum Gasteiger partial charge on any atom is 0.357 e. The molecule has 0 spiro atoms. The normalized spacial score (nSPS) is 16.3. The number of carbonyl (C=O) groups is 2. The Bertz CT molecular complexity index is 1500. The van der Waals surface area contributed by atoms with Gasteiger partial charge in [-0.15, -0.1) is 0 Å². The summed E-state index contributed by atoms with van der Waals surface area (Å²) >= 11 is 0. The van der Waals surface area contributed by atoms with Crippen LogP contribution in [0.4, 0.5) is 11.5 Å². The van der Waals surface area contributed by atoms with Crippen LogP contribution in [0, 0.1) is 0 Å². The number of amides is 1. The zero-order valence-electron chi connectivity index (χ0n) is 30.6. The molecule has 2 aliphatic rings. The molecule has 9 nitrogen and oxygen atoms in total. The van der Waals surface area contributed by atoms with E-state index in [9.17, 15) is 9.59 Å². The Morgan fingerprint density at radius 1 is 0.840 bits per heavy atom. The van der Waals surface area contributed by atoms with Gasteiger partial charge < -0.3 is 19.1 Å². The SMILES string of the molecule is CCCCCCCCCC(C)OC(C(=O)OCC)N1C(=O)CCc2ccc(OCCCCN3CCN(c4cccc5ccccc45)CC3)nc21. The number of aryl methyl sites for hydroxylation is 1. The van der Waals surface area contributed by atoms with E-state index in [4.69, 9.17) is 19.2 Å². The van der Waals surface area contributed by atoms with Crippen LogP contribution in [0.2, 0.25) is 0 Å². The number of fused-ring (bicyclic) bond motifs is 2. The Morgan fingerprint density at radius 2 is 1.60 bits per heavy atom. The van der Waals surface area contributed by atoms with Crippen LogP contribution in [0.1, 0.15) is 97.0 Å². The van der Waals surface area contributed by atoms with Crippen molar-refractivity contribution in [3.63, 3.8) is 0 Å². The summed E-state index contributed by atoms with van der Waals surface area (Å²) < 4.78 is 17.8. The van der Waals surface area contributed by atoms with Gasteiger partial charge in [0.2, 0.25) is 18.0 Å². The first-order chi connectivity index (χ1) is 24.5. The standard InChI is InChI=1S/C41H58N4O5/c1-4-6-7-8-9-10-11-17-32(3)50-40(41(47)48-5-2)45-38(46)25-23-34-22-24-37(42-39(34)45)49-31-15-14-26-43-27-29-44(30-28-43)36-21-16-19-33-18-12-13-20-35(33)36/h12-13,16,18-22,24,32,40H,4-11,14-15,17,23,25-31H2,1-3H3. The van der Waals surface area contributed by atoms with Crippen molar-refractivity contribution >= 4 is 34.2 Å². The van der Waals surface area contributed by atoms with Gasteiger partial charge in [0.05, 0.1) is 19.3 Å². The molecule has 5 rings (SSSR count). The second kappa shape index (κ2) is 19.6. The number of pyridine rings is 1. The molecule has 2 aliphatic heterocycles. The number of anilines is 2. The largest absolute Gasteiger partial charge is 0.478 e. The van der Waals surface area contributed by atoms with E-state index in [2.05, 4.69) is 59.2 Å². The molecular formula is C41H58N4O5. The first-order valence-corrected chi connectivity index (χ1v) is 19.2. The smallest absolute Gasteiger partial charge is 0.357 e. The van der Waals surface area contributed by atoms with Crippen molar-refractivity contribution < 1.29 is 23.8 Å². The maximum absolute atomic E-state index is 13.3. The monoisotopic (exact) mass is 686 g/mol. The van der Waals surface area contributed by atoms with E-state index in [1.165, 1.54) is 53.5 Å². The number of ether oxygens (including phenoxy) is 3. The fourth-order valence-electron chi connectivity index (χ4n) is 7.09. The lowest BCUT2D eigenvalue weighted by atomic mass is 10.0. The third-order valence-electron chi connectivity index (χ3n) is 9.93. The van der Waals surface area contributed by atoms with Crippen molar-refractivity contribution in [2.24, 2.45) is 0 Å². The summed E-state index contributed by atoms with van der Waals surface area (Å²) in [5, 5.41) is 2.61. The van der Waals surface area contributed by atoms with Crippen LogP contribution in [0.3, 0.4) is 0 Å². The highest BCUT2D eigenvalue weighted by molar-refractivity contribution is 6.00. The zero-order chi connectivity index (χ0) is 35.1. The average Bonchev–Trinajstić information content (AvgIpc) is 3.13. The van der Waals surface area contributed by atoms with Crippen LogP contribution < -0.4 is 14.5 Å². The van der Waals surface area contributed by atoms with Crippen molar-refractivity contribution in [1.82, 2.24) is 9.88 Å². The van der Waals surface area contributed by atoms with Gasteiger partial charge in [-0.1, -0.05) is 88.3 Å². The molecule has 50 heavy (non-hydrogen) atoms. The molecule has 0 bridgehead atoms. The molecule has 0 aliphatic carbocycles. The summed E-state index contributed by atoms with van der Waals surface area (Å²) in [4.78, 5) is 37.7. The van der Waals surface area contributed by atoms with E-state index in [1.807, 2.05) is 19.1 Å². The minimum absolute atomic E-state index is 0.191. The predicted octanol–water partition coefficient (Wildman–Crippen LogP) is 7.93. The lowest BCUT2D eigenvalue weighted by Crippen LogP contribution is -2.51. The Morgan fingerprint density at radius 3 is 2.40 bits per heavy atom. The fourth-order valence-corrected chi connectivity index (χ4v) is 7.09. The lowest BCUT2D eigenvalue weighted by molar-refractivity contribution is -0.162. The molecule has 0 radical (unpaired) electrons. The molecule has 2 unspecified atom stereocenters. The van der Waals surface area contributed by atoms with Gasteiger partial charge in [0.1, 0.15) is 5.82 Å². The van der Waals surface area contributed by atoms with Gasteiger partial charge in [-0.05, 0) is 69.2 Å². The van der Waals surface area contributed by atoms with Gasteiger partial charge >= 0.3 is 5.97 Å². The minimum Gasteiger partial charge on any atom is -0.478 e. The summed E-state index contributed by atoms with van der Waals surface area (Å²) in [7, 11) is 0. The summed E-state index contributed by atoms with van der Waals surface area (Å²) in [6, 6.07) is 19.0. The second-order valence-electron chi connectivity index (χ2n) is 13.7. The number of rotatable bonds is 20. The molecule has 1 fully saturated rings. The molecular weight excluding hydrogens is 628 g/mol. The topological polar surface area (TPSA) is 84.4 Å². The van der Waals surface area contributed by atoms with E-state index in [0.29, 0.717) is 24.7 Å². The van der Waals surface area contributed by atoms with Crippen LogP contribution in [0.25, 0.3) is 10.8 Å². The van der Waals surface area contributed by atoms with Gasteiger partial charge in [-0.3, -0.25) is 14.6 Å². The van der Waals surface area contributed by atoms with Crippen molar-refractivity contribution in [3.8, 4) is 5.88 Å². The van der Waals surface area contributed by atoms with E-state index in [-0.39, 0.29) is 25.0 Å². The van der Waals surface area contributed by atoms with Crippen molar-refractivity contribution in [2.45, 2.75) is 110 Å². The third-order valence-corrected chi connectivity index (χ3v) is 9.93. The molecule has 0 saturated carbocycles. The van der Waals surface area contributed by atoms with Gasteiger partial charge in [-0.2, -0.15) is 4.98 Å². The number of piperazine rings is 1. The number of benzene rings is 2. The molecule has 3 heterocycles. The molecule has 3 aromatic rings. The molecule has 1 amide bonds. The molecule has 1 saturated heterocycles. The molecule has 9 heteroatoms. The molecule has 2 aromatic carbocycles. The van der Waals surface area contributed by atoms with Gasteiger partial charge in [0.15, 0.2) is 0 Å². The van der Waals surface area contributed by atoms with E-state index in [0.717, 1.165) is 70.4 Å². The van der Waals surface area contributed by atoms with Crippen LogP contribution in [-0.4, -0.2) is 80.0 Å². The van der Waals surface area contributed by atoms with E-state index < -0.39 is 12.2 Å². The highest BCUT2D eigenvalue weighted by atomic mass is 16.6. The van der Waals surface area contributed by atoms with Gasteiger partial charge in [0.25, 0.3) is 0 Å². The summed E-state index contributed by atoms with van der Waals surface area (Å²) in [5.74, 6) is 0.130. The van der Waals surface area contributed by atoms with E-state index >= 15 is 0 Å². The highest BCUT2D eigenvalue weighted by Gasteiger charge is 2.39. The number of hydrogen-bond acceptors (Lipinski definition) is 8. The highest BCUT2D eigenvalue weighted by Crippen LogP contribution is 2.32. The summed E-state index contributed by atoms with van der Waals surface area (Å²) in [6.45, 7) is 11.9. The van der Waals surface area contributed by atoms with E-state index in [1.54, 1.807) is 6.92 Å². The second-order valence-corrected chi connectivity index (χ2v) is 13.7. The lowest BCUT2D eigenvalue weighted by Gasteiger charge is -2.36. The summed E-state index contributed by atoms with van der Waals surface area (Å²) in [5.41, 5.74) is 2.23. The molecule has 2 atom stereocenters. The minimum atomic E-state index is -1.18. The van der Waals surface area contributed by atoms with Gasteiger partial charge in [-0.25, -0.2) is 4.79 Å². The quantitative estimate of drug-likeness (QED) is 0.0876. The molecule has 0 N–H and O–H groups in total. The maximum atomic E-state index is 13.3. The average molecular weight is 687 g/mol. The first-order valence-electron chi connectivity index (χ1n) is 19.2. The molecule has 272 valence electrons. The van der Waals surface area contributed by atoms with Crippen LogP contribution in [-0.2, 0) is 25.5 Å². The predicted molar refractivity (Wildman–Crippen MR) is 201 cm³/mol. The number of esters is 1. The first kappa shape index (κ1) is 37.6. The van der Waals surface area contributed by atoms with Crippen LogP contribution in [0.5, 0.6) is 5.88 Å². The van der Waals surface area contributed by atoms with Crippen LogP contribution in [0.15, 0.2) is 54.6 Å². The van der Waals surface area contributed by atoms with Crippen molar-refractivity contribution in [3.05, 3.63) is 60.2 Å². The summed E-state index contributed by atoms with van der Waals surface area (Å²) in [6.07, 6.45) is 10.7. The third kappa shape index (κ3) is 10.4. The number of hydrogen-bond donors (Lipinski definition) is 0. The number of aromatic nitrogens is 1.